The molecule has 0 spiro atoms. The van der Waals surface area contributed by atoms with Crippen molar-refractivity contribution in [1.82, 2.24) is 5.32 Å². The Labute approximate surface area is 130 Å². The zero-order valence-corrected chi connectivity index (χ0v) is 13.3. The van der Waals surface area contributed by atoms with Gasteiger partial charge in [0.05, 0.1) is 0 Å². The van der Waals surface area contributed by atoms with Crippen LogP contribution >= 0.6 is 11.8 Å². The van der Waals surface area contributed by atoms with E-state index in [0.29, 0.717) is 16.5 Å². The standard InChI is InChI=1S/C16H22N2O2S/c1-3-21-15-6-4-5-14(15)18-16(20)12-7-9-13(10-8-12)17-11(2)19/h7-10,14-15H,3-6H2,1-2H3,(H,17,19)(H,18,20)/t14-,15-/m1/s1. The van der Waals surface area contributed by atoms with Crippen molar-refractivity contribution in [2.24, 2.45) is 0 Å². The van der Waals surface area contributed by atoms with Crippen LogP contribution in [0.4, 0.5) is 5.69 Å². The minimum absolute atomic E-state index is 0.0296. The van der Waals surface area contributed by atoms with Crippen LogP contribution in [0.5, 0.6) is 0 Å². The fraction of sp³-hybridized carbons (Fsp3) is 0.500. The molecule has 2 rings (SSSR count). The van der Waals surface area contributed by atoms with Crippen LogP contribution < -0.4 is 10.6 Å². The lowest BCUT2D eigenvalue weighted by Gasteiger charge is -2.20. The highest BCUT2D eigenvalue weighted by Gasteiger charge is 2.28. The monoisotopic (exact) mass is 306 g/mol. The normalized spacial score (nSPS) is 21.0. The first-order chi connectivity index (χ1) is 10.1. The van der Waals surface area contributed by atoms with E-state index < -0.39 is 0 Å². The quantitative estimate of drug-likeness (QED) is 0.879. The number of amides is 2. The van der Waals surface area contributed by atoms with E-state index in [1.165, 1.54) is 19.8 Å². The van der Waals surface area contributed by atoms with E-state index in [-0.39, 0.29) is 17.9 Å². The van der Waals surface area contributed by atoms with E-state index in [2.05, 4.69) is 17.6 Å². The predicted octanol–water partition coefficient (Wildman–Crippen LogP) is 3.05. The smallest absolute Gasteiger partial charge is 0.251 e. The number of anilines is 1. The molecule has 0 aromatic heterocycles. The van der Waals surface area contributed by atoms with Gasteiger partial charge in [0.25, 0.3) is 5.91 Å². The summed E-state index contributed by atoms with van der Waals surface area (Å²) in [5.41, 5.74) is 1.34. The Morgan fingerprint density at radius 2 is 1.95 bits per heavy atom. The Morgan fingerprint density at radius 1 is 1.24 bits per heavy atom. The van der Waals surface area contributed by atoms with Gasteiger partial charge >= 0.3 is 0 Å². The van der Waals surface area contributed by atoms with Gasteiger partial charge in [0.1, 0.15) is 0 Å². The highest BCUT2D eigenvalue weighted by atomic mass is 32.2. The summed E-state index contributed by atoms with van der Waals surface area (Å²) in [5, 5.41) is 6.38. The van der Waals surface area contributed by atoms with Gasteiger partial charge in [-0.2, -0.15) is 11.8 Å². The molecule has 1 aliphatic carbocycles. The molecule has 1 aliphatic rings. The number of thioether (sulfide) groups is 1. The Kier molecular flexibility index (Phi) is 5.67. The molecule has 2 amide bonds. The second kappa shape index (κ2) is 7.50. The van der Waals surface area contributed by atoms with Gasteiger partial charge in [0.15, 0.2) is 0 Å². The van der Waals surface area contributed by atoms with E-state index in [4.69, 9.17) is 0 Å². The maximum atomic E-state index is 12.3. The maximum absolute atomic E-state index is 12.3. The third-order valence-corrected chi connectivity index (χ3v) is 4.94. The molecule has 5 heteroatoms. The van der Waals surface area contributed by atoms with Crippen molar-refractivity contribution in [2.75, 3.05) is 11.1 Å². The molecule has 114 valence electrons. The first-order valence-electron chi connectivity index (χ1n) is 7.40. The van der Waals surface area contributed by atoms with Crippen molar-refractivity contribution < 1.29 is 9.59 Å². The molecule has 2 atom stereocenters. The lowest BCUT2D eigenvalue weighted by atomic mass is 10.1. The van der Waals surface area contributed by atoms with Gasteiger partial charge in [-0.1, -0.05) is 13.3 Å². The molecule has 0 radical (unpaired) electrons. The van der Waals surface area contributed by atoms with Gasteiger partial charge in [0, 0.05) is 29.5 Å². The van der Waals surface area contributed by atoms with E-state index in [9.17, 15) is 9.59 Å². The number of hydrogen-bond acceptors (Lipinski definition) is 3. The van der Waals surface area contributed by atoms with Crippen LogP contribution in [-0.2, 0) is 4.79 Å². The fourth-order valence-corrected chi connectivity index (χ4v) is 3.86. The first-order valence-corrected chi connectivity index (χ1v) is 8.45. The minimum Gasteiger partial charge on any atom is -0.348 e. The topological polar surface area (TPSA) is 58.2 Å². The van der Waals surface area contributed by atoms with Crippen molar-refractivity contribution in [3.8, 4) is 0 Å². The van der Waals surface area contributed by atoms with Gasteiger partial charge in [-0.3, -0.25) is 9.59 Å². The summed E-state index contributed by atoms with van der Waals surface area (Å²) >= 11 is 1.93. The third-order valence-electron chi connectivity index (χ3n) is 3.62. The summed E-state index contributed by atoms with van der Waals surface area (Å²) in [4.78, 5) is 23.2. The number of carbonyl (C=O) groups is 2. The van der Waals surface area contributed by atoms with Gasteiger partial charge in [-0.25, -0.2) is 0 Å². The summed E-state index contributed by atoms with van der Waals surface area (Å²) < 4.78 is 0. The second-order valence-corrected chi connectivity index (χ2v) is 6.78. The number of nitrogens with one attached hydrogen (secondary N) is 2. The fourth-order valence-electron chi connectivity index (χ4n) is 2.66. The molecule has 21 heavy (non-hydrogen) atoms. The van der Waals surface area contributed by atoms with Crippen LogP contribution in [0.25, 0.3) is 0 Å². The molecule has 1 saturated carbocycles. The maximum Gasteiger partial charge on any atom is 0.251 e. The number of hydrogen-bond donors (Lipinski definition) is 2. The van der Waals surface area contributed by atoms with Crippen molar-refractivity contribution in [1.29, 1.82) is 0 Å². The van der Waals surface area contributed by atoms with Crippen LogP contribution in [0.15, 0.2) is 24.3 Å². The third kappa shape index (κ3) is 4.49. The summed E-state index contributed by atoms with van der Waals surface area (Å²) in [7, 11) is 0. The SMILES string of the molecule is CCS[C@@H]1CCC[C@H]1NC(=O)c1ccc(NC(C)=O)cc1. The Bertz CT molecular complexity index is 502. The molecular weight excluding hydrogens is 284 g/mol. The molecule has 4 nitrogen and oxygen atoms in total. The van der Waals surface area contributed by atoms with E-state index >= 15 is 0 Å². The molecule has 0 saturated heterocycles. The molecule has 2 N–H and O–H groups in total. The molecule has 0 aliphatic heterocycles. The zero-order valence-electron chi connectivity index (χ0n) is 12.5. The van der Waals surface area contributed by atoms with Crippen molar-refractivity contribution in [3.05, 3.63) is 29.8 Å². The molecule has 0 heterocycles. The van der Waals surface area contributed by atoms with E-state index in [0.717, 1.165) is 12.2 Å². The summed E-state index contributed by atoms with van der Waals surface area (Å²) in [5.74, 6) is 0.943. The Hall–Kier alpha value is -1.49. The lowest BCUT2D eigenvalue weighted by Crippen LogP contribution is -2.38. The van der Waals surface area contributed by atoms with Gasteiger partial charge in [-0.15, -0.1) is 0 Å². The minimum atomic E-state index is -0.113. The van der Waals surface area contributed by atoms with Crippen molar-refractivity contribution in [2.45, 2.75) is 44.4 Å². The summed E-state index contributed by atoms with van der Waals surface area (Å²) in [6, 6.07) is 7.28. The highest BCUT2D eigenvalue weighted by Crippen LogP contribution is 2.30. The van der Waals surface area contributed by atoms with Crippen molar-refractivity contribution >= 4 is 29.3 Å². The predicted molar refractivity (Wildman–Crippen MR) is 87.8 cm³/mol. The van der Waals surface area contributed by atoms with Crippen LogP contribution in [-0.4, -0.2) is 28.9 Å². The molecular formula is C16H22N2O2S. The van der Waals surface area contributed by atoms with Gasteiger partial charge in [-0.05, 0) is 42.9 Å². The lowest BCUT2D eigenvalue weighted by molar-refractivity contribution is -0.114. The average Bonchev–Trinajstić information content (AvgIpc) is 2.86. The average molecular weight is 306 g/mol. The molecule has 1 aromatic carbocycles. The first kappa shape index (κ1) is 15.9. The second-order valence-electron chi connectivity index (χ2n) is 5.26. The van der Waals surface area contributed by atoms with Gasteiger partial charge < -0.3 is 10.6 Å². The van der Waals surface area contributed by atoms with Crippen LogP contribution in [0.2, 0.25) is 0 Å². The number of benzene rings is 1. The molecule has 0 unspecified atom stereocenters. The zero-order chi connectivity index (χ0) is 15.2. The Morgan fingerprint density at radius 3 is 2.57 bits per heavy atom. The van der Waals surface area contributed by atoms with Crippen LogP contribution in [0, 0.1) is 0 Å². The van der Waals surface area contributed by atoms with Crippen molar-refractivity contribution in [3.63, 3.8) is 0 Å². The summed E-state index contributed by atoms with van der Waals surface area (Å²) in [6.45, 7) is 3.62. The van der Waals surface area contributed by atoms with E-state index in [1.54, 1.807) is 24.3 Å². The Balaban J connectivity index is 1.95. The molecule has 1 fully saturated rings. The molecule has 1 aromatic rings. The number of carbonyl (C=O) groups excluding carboxylic acids is 2. The van der Waals surface area contributed by atoms with E-state index in [1.807, 2.05) is 11.8 Å². The van der Waals surface area contributed by atoms with Crippen LogP contribution in [0.3, 0.4) is 0 Å². The molecule has 0 bridgehead atoms. The largest absolute Gasteiger partial charge is 0.348 e. The van der Waals surface area contributed by atoms with Gasteiger partial charge in [0.2, 0.25) is 5.91 Å². The summed E-state index contributed by atoms with van der Waals surface area (Å²) in [6.07, 6.45) is 3.43. The van der Waals surface area contributed by atoms with Crippen LogP contribution in [0.1, 0.15) is 43.5 Å². The number of rotatable bonds is 5. The highest BCUT2D eigenvalue weighted by molar-refractivity contribution is 7.99.